The minimum absolute atomic E-state index is 0.0605. The van der Waals surface area contributed by atoms with E-state index in [2.05, 4.69) is 5.32 Å². The number of anilines is 1. The summed E-state index contributed by atoms with van der Waals surface area (Å²) in [6.45, 7) is 9.68. The number of ether oxygens (including phenoxy) is 1. The van der Waals surface area contributed by atoms with Gasteiger partial charge in [0.25, 0.3) is 10.0 Å². The fraction of sp³-hybridized carbons (Fsp3) is 0.316. The van der Waals surface area contributed by atoms with Gasteiger partial charge in [0, 0.05) is 19.0 Å². The van der Waals surface area contributed by atoms with Gasteiger partial charge in [0.1, 0.15) is 18.3 Å². The molecule has 0 aromatic heterocycles. The zero-order chi connectivity index (χ0) is 34.0. The second kappa shape index (κ2) is 16.3. The molecule has 248 valence electrons. The quantitative estimate of drug-likeness (QED) is 0.159. The number of aryl methyl sites for hydroxylation is 2. The Balaban J connectivity index is 1.81. The van der Waals surface area contributed by atoms with Crippen molar-refractivity contribution in [2.24, 2.45) is 0 Å². The molecule has 0 aliphatic heterocycles. The second-order valence-corrected chi connectivity index (χ2v) is 13.6. The van der Waals surface area contributed by atoms with Crippen molar-refractivity contribution in [3.8, 4) is 5.75 Å². The first-order valence-corrected chi connectivity index (χ1v) is 17.5. The van der Waals surface area contributed by atoms with Crippen LogP contribution >= 0.6 is 0 Å². The molecule has 4 aromatic carbocycles. The summed E-state index contributed by atoms with van der Waals surface area (Å²) in [6, 6.07) is 29.5. The molecule has 47 heavy (non-hydrogen) atoms. The monoisotopic (exact) mass is 655 g/mol. The fourth-order valence-corrected chi connectivity index (χ4v) is 6.66. The highest BCUT2D eigenvalue weighted by Gasteiger charge is 2.35. The highest BCUT2D eigenvalue weighted by Crippen LogP contribution is 2.27. The minimum Gasteiger partial charge on any atom is -0.494 e. The molecule has 1 N–H and O–H groups in total. The number of carbonyl (C=O) groups excluding carboxylic acids is 2. The van der Waals surface area contributed by atoms with Gasteiger partial charge in [-0.25, -0.2) is 8.42 Å². The van der Waals surface area contributed by atoms with Crippen molar-refractivity contribution in [3.63, 3.8) is 0 Å². The van der Waals surface area contributed by atoms with Gasteiger partial charge in [-0.3, -0.25) is 13.9 Å². The first-order chi connectivity index (χ1) is 22.5. The molecule has 0 saturated carbocycles. The summed E-state index contributed by atoms with van der Waals surface area (Å²) in [5.74, 6) is -0.213. The maximum absolute atomic E-state index is 14.6. The van der Waals surface area contributed by atoms with Gasteiger partial charge in [0.2, 0.25) is 11.8 Å². The van der Waals surface area contributed by atoms with E-state index in [0.29, 0.717) is 18.0 Å². The molecule has 0 aliphatic carbocycles. The number of carbonyl (C=O) groups is 2. The van der Waals surface area contributed by atoms with Crippen molar-refractivity contribution in [1.82, 2.24) is 10.2 Å². The second-order valence-electron chi connectivity index (χ2n) is 11.8. The predicted octanol–water partition coefficient (Wildman–Crippen LogP) is 6.45. The van der Waals surface area contributed by atoms with Gasteiger partial charge in [-0.15, -0.1) is 0 Å². The van der Waals surface area contributed by atoms with Gasteiger partial charge in [-0.2, -0.15) is 0 Å². The normalized spacial score (nSPS) is 12.5. The van der Waals surface area contributed by atoms with E-state index in [1.807, 2.05) is 89.2 Å². The molecule has 0 saturated heterocycles. The van der Waals surface area contributed by atoms with Gasteiger partial charge >= 0.3 is 0 Å². The summed E-state index contributed by atoms with van der Waals surface area (Å²) in [5, 5.41) is 3.07. The maximum atomic E-state index is 14.6. The van der Waals surface area contributed by atoms with E-state index in [0.717, 1.165) is 33.0 Å². The average molecular weight is 656 g/mol. The van der Waals surface area contributed by atoms with Crippen molar-refractivity contribution < 1.29 is 22.7 Å². The Bertz CT molecular complexity index is 1730. The van der Waals surface area contributed by atoms with Gasteiger partial charge in [-0.1, -0.05) is 84.8 Å². The Hall–Kier alpha value is -4.63. The zero-order valence-corrected chi connectivity index (χ0v) is 28.7. The number of amides is 2. The third-order valence-corrected chi connectivity index (χ3v) is 9.82. The van der Waals surface area contributed by atoms with Gasteiger partial charge in [-0.05, 0) is 81.6 Å². The average Bonchev–Trinajstić information content (AvgIpc) is 3.06. The fourth-order valence-electron chi connectivity index (χ4n) is 5.24. The molecule has 0 fully saturated rings. The van der Waals surface area contributed by atoms with E-state index >= 15 is 0 Å². The summed E-state index contributed by atoms with van der Waals surface area (Å²) < 4.78 is 35.2. The van der Waals surface area contributed by atoms with Gasteiger partial charge in [0.05, 0.1) is 17.2 Å². The Labute approximate surface area is 279 Å². The van der Waals surface area contributed by atoms with E-state index in [4.69, 9.17) is 4.74 Å². The minimum atomic E-state index is -4.19. The standard InChI is InChI=1S/C38H45N3O5S/c1-6-30(5)39-38(43)36(25-31-13-9-8-10-14-31)40(26-32-15-11-12-29(4)24-32)37(42)27-41(33-18-20-34(21-19-33)46-7-2)47(44,45)35-22-16-28(3)17-23-35/h8-24,30,36H,6-7,25-27H2,1-5H3,(H,39,43)/t30-,36-/m1/s1. The molecule has 0 heterocycles. The number of hydrogen-bond donors (Lipinski definition) is 1. The lowest BCUT2D eigenvalue weighted by Crippen LogP contribution is -2.54. The first-order valence-electron chi connectivity index (χ1n) is 16.0. The summed E-state index contributed by atoms with van der Waals surface area (Å²) >= 11 is 0. The Kier molecular flexibility index (Phi) is 12.2. The highest BCUT2D eigenvalue weighted by atomic mass is 32.2. The van der Waals surface area contributed by atoms with Crippen molar-refractivity contribution in [3.05, 3.63) is 125 Å². The van der Waals surface area contributed by atoms with E-state index in [9.17, 15) is 18.0 Å². The van der Waals surface area contributed by atoms with Crippen LogP contribution in [0.2, 0.25) is 0 Å². The van der Waals surface area contributed by atoms with Crippen molar-refractivity contribution in [1.29, 1.82) is 0 Å². The topological polar surface area (TPSA) is 96.0 Å². The molecular formula is C38H45N3O5S. The van der Waals surface area contributed by atoms with Crippen molar-refractivity contribution in [2.75, 3.05) is 17.5 Å². The summed E-state index contributed by atoms with van der Waals surface area (Å²) in [6.07, 6.45) is 0.977. The molecule has 0 spiro atoms. The van der Waals surface area contributed by atoms with Crippen LogP contribution < -0.4 is 14.4 Å². The molecule has 8 nitrogen and oxygen atoms in total. The zero-order valence-electron chi connectivity index (χ0n) is 27.8. The van der Waals surface area contributed by atoms with Crippen LogP contribution in [-0.2, 0) is 32.6 Å². The van der Waals surface area contributed by atoms with Gasteiger partial charge in [0.15, 0.2) is 0 Å². The SMILES string of the molecule is CCOc1ccc(N(CC(=O)N(Cc2cccc(C)c2)[C@H](Cc2ccccc2)C(=O)N[C@H](C)CC)S(=O)(=O)c2ccc(C)cc2)cc1. The molecule has 4 aromatic rings. The Morgan fingerprint density at radius 1 is 0.809 bits per heavy atom. The van der Waals surface area contributed by atoms with E-state index in [1.165, 1.54) is 4.90 Å². The maximum Gasteiger partial charge on any atom is 0.264 e. The van der Waals surface area contributed by atoms with E-state index in [1.54, 1.807) is 48.5 Å². The molecule has 4 rings (SSSR count). The lowest BCUT2D eigenvalue weighted by Gasteiger charge is -2.34. The van der Waals surface area contributed by atoms with Crippen molar-refractivity contribution >= 4 is 27.5 Å². The van der Waals surface area contributed by atoms with Crippen LogP contribution in [0, 0.1) is 13.8 Å². The number of hydrogen-bond acceptors (Lipinski definition) is 5. The number of benzene rings is 4. The Morgan fingerprint density at radius 3 is 2.09 bits per heavy atom. The molecular weight excluding hydrogens is 611 g/mol. The smallest absolute Gasteiger partial charge is 0.264 e. The highest BCUT2D eigenvalue weighted by molar-refractivity contribution is 7.92. The summed E-state index contributed by atoms with van der Waals surface area (Å²) in [5.41, 5.74) is 3.95. The number of nitrogens with one attached hydrogen (secondary N) is 1. The van der Waals surface area contributed by atoms with Crippen LogP contribution in [0.25, 0.3) is 0 Å². The number of sulfonamides is 1. The Morgan fingerprint density at radius 2 is 1.47 bits per heavy atom. The largest absolute Gasteiger partial charge is 0.494 e. The predicted molar refractivity (Wildman–Crippen MR) is 187 cm³/mol. The molecule has 0 unspecified atom stereocenters. The summed E-state index contributed by atoms with van der Waals surface area (Å²) in [7, 11) is -4.19. The third kappa shape index (κ3) is 9.45. The molecule has 9 heteroatoms. The van der Waals surface area contributed by atoms with Crippen LogP contribution in [0.5, 0.6) is 5.75 Å². The molecule has 0 aliphatic rings. The van der Waals surface area contributed by atoms with Crippen LogP contribution in [-0.4, -0.2) is 50.4 Å². The van der Waals surface area contributed by atoms with E-state index < -0.39 is 28.5 Å². The van der Waals surface area contributed by atoms with Crippen molar-refractivity contribution in [2.45, 2.75) is 71.0 Å². The van der Waals surface area contributed by atoms with E-state index in [-0.39, 0.29) is 29.8 Å². The van der Waals surface area contributed by atoms with Crippen LogP contribution in [0.1, 0.15) is 49.4 Å². The lowest BCUT2D eigenvalue weighted by atomic mass is 10.0. The number of nitrogens with zero attached hydrogens (tertiary/aromatic N) is 2. The third-order valence-electron chi connectivity index (χ3n) is 8.03. The lowest BCUT2D eigenvalue weighted by molar-refractivity contribution is -0.140. The summed E-state index contributed by atoms with van der Waals surface area (Å²) in [4.78, 5) is 30.2. The van der Waals surface area contributed by atoms with Crippen LogP contribution in [0.15, 0.2) is 108 Å². The molecule has 0 radical (unpaired) electrons. The molecule has 2 atom stereocenters. The van der Waals surface area contributed by atoms with Crippen LogP contribution in [0.4, 0.5) is 5.69 Å². The van der Waals surface area contributed by atoms with Gasteiger partial charge < -0.3 is 15.0 Å². The molecule has 2 amide bonds. The first kappa shape index (κ1) is 35.2. The van der Waals surface area contributed by atoms with Crippen LogP contribution in [0.3, 0.4) is 0 Å². The number of rotatable bonds is 15. The molecule has 0 bridgehead atoms.